The summed E-state index contributed by atoms with van der Waals surface area (Å²) in [5, 5.41) is 15.5. The number of nitrogens with two attached hydrogens (primary N) is 1. The second-order valence-electron chi connectivity index (χ2n) is 8.38. The van der Waals surface area contributed by atoms with Crippen LogP contribution in [0, 0.1) is 0 Å². The quantitative estimate of drug-likeness (QED) is 0.449. The Morgan fingerprint density at radius 3 is 2.59 bits per heavy atom. The molecule has 164 valence electrons. The maximum absolute atomic E-state index is 11.5. The van der Waals surface area contributed by atoms with Crippen LogP contribution in [-0.2, 0) is 13.6 Å². The van der Waals surface area contributed by atoms with E-state index >= 15 is 0 Å². The number of aromatic hydroxyl groups is 1. The third kappa shape index (κ3) is 3.73. The van der Waals surface area contributed by atoms with E-state index in [1.165, 1.54) is 24.8 Å². The monoisotopic (exact) mass is 430 g/mol. The van der Waals surface area contributed by atoms with Crippen molar-refractivity contribution in [3.05, 3.63) is 53.6 Å². The van der Waals surface area contributed by atoms with Crippen LogP contribution in [0.1, 0.15) is 35.2 Å². The van der Waals surface area contributed by atoms with E-state index in [0.29, 0.717) is 33.8 Å². The second-order valence-corrected chi connectivity index (χ2v) is 8.38. The number of fused-ring (bicyclic) bond motifs is 1. The number of aromatic nitrogens is 4. The molecular formula is C24H26N6O2. The van der Waals surface area contributed by atoms with Gasteiger partial charge in [0.1, 0.15) is 11.4 Å². The van der Waals surface area contributed by atoms with E-state index in [1.807, 2.05) is 12.1 Å². The zero-order valence-corrected chi connectivity index (χ0v) is 18.0. The fraction of sp³-hybridized carbons (Fsp3) is 0.292. The SMILES string of the molecule is Cn1nc(-c2ccc(CN3CCCCC3)cc2)c(O)c1-c1nc2ccc(C(N)=O)cc2[nH]1. The predicted molar refractivity (Wildman–Crippen MR) is 123 cm³/mol. The summed E-state index contributed by atoms with van der Waals surface area (Å²) in [4.78, 5) is 21.7. The smallest absolute Gasteiger partial charge is 0.248 e. The average Bonchev–Trinajstić information content (AvgIpc) is 3.34. The summed E-state index contributed by atoms with van der Waals surface area (Å²) in [7, 11) is 1.77. The summed E-state index contributed by atoms with van der Waals surface area (Å²) in [5.74, 6) is 0.0324. The van der Waals surface area contributed by atoms with Crippen LogP contribution in [0.4, 0.5) is 0 Å². The standard InChI is InChI=1S/C24H26N6O2/c1-29-21(24-26-18-10-9-17(23(25)32)13-19(18)27-24)22(31)20(28-29)16-7-5-15(6-8-16)14-30-11-3-2-4-12-30/h5-10,13,31H,2-4,11-12,14H2,1H3,(H2,25,32)(H,26,27). The predicted octanol–water partition coefficient (Wildman–Crippen LogP) is 3.42. The number of primary amides is 1. The van der Waals surface area contributed by atoms with Crippen molar-refractivity contribution in [1.82, 2.24) is 24.6 Å². The first-order valence-electron chi connectivity index (χ1n) is 10.9. The fourth-order valence-electron chi connectivity index (χ4n) is 4.39. The van der Waals surface area contributed by atoms with Gasteiger partial charge in [-0.05, 0) is 49.7 Å². The molecule has 4 aromatic rings. The topological polar surface area (TPSA) is 113 Å². The number of aromatic amines is 1. The Morgan fingerprint density at radius 2 is 1.88 bits per heavy atom. The first-order valence-corrected chi connectivity index (χ1v) is 10.9. The van der Waals surface area contributed by atoms with Gasteiger partial charge in [0.15, 0.2) is 11.6 Å². The number of amides is 1. The van der Waals surface area contributed by atoms with E-state index in [-0.39, 0.29) is 5.75 Å². The molecule has 2 aromatic carbocycles. The van der Waals surface area contributed by atoms with Gasteiger partial charge in [-0.15, -0.1) is 0 Å². The number of hydrogen-bond acceptors (Lipinski definition) is 5. The third-order valence-electron chi connectivity index (χ3n) is 6.10. The van der Waals surface area contributed by atoms with Crippen LogP contribution >= 0.6 is 0 Å². The van der Waals surface area contributed by atoms with Gasteiger partial charge in [-0.3, -0.25) is 14.4 Å². The lowest BCUT2D eigenvalue weighted by atomic mass is 10.1. The van der Waals surface area contributed by atoms with E-state index in [4.69, 9.17) is 5.73 Å². The van der Waals surface area contributed by atoms with Crippen LogP contribution in [0.5, 0.6) is 5.75 Å². The summed E-state index contributed by atoms with van der Waals surface area (Å²) in [6.45, 7) is 3.27. The molecule has 1 amide bonds. The van der Waals surface area contributed by atoms with Gasteiger partial charge in [-0.1, -0.05) is 30.7 Å². The van der Waals surface area contributed by atoms with Gasteiger partial charge in [0, 0.05) is 24.7 Å². The minimum absolute atomic E-state index is 0.0606. The van der Waals surface area contributed by atoms with E-state index < -0.39 is 5.91 Å². The first-order chi connectivity index (χ1) is 15.5. The highest BCUT2D eigenvalue weighted by molar-refractivity contribution is 5.96. The summed E-state index contributed by atoms with van der Waals surface area (Å²) in [5.41, 5.74) is 10.2. The van der Waals surface area contributed by atoms with Gasteiger partial charge in [0.25, 0.3) is 0 Å². The molecule has 1 aliphatic rings. The first kappa shape index (κ1) is 20.3. The van der Waals surface area contributed by atoms with Gasteiger partial charge in [-0.25, -0.2) is 4.98 Å². The highest BCUT2D eigenvalue weighted by Crippen LogP contribution is 2.37. The molecule has 0 radical (unpaired) electrons. The molecule has 0 saturated carbocycles. The number of hydrogen-bond donors (Lipinski definition) is 3. The number of nitrogens with one attached hydrogen (secondary N) is 1. The zero-order valence-electron chi connectivity index (χ0n) is 18.0. The number of nitrogens with zero attached hydrogens (tertiary/aromatic N) is 4. The second kappa shape index (κ2) is 8.12. The Kier molecular flexibility index (Phi) is 5.14. The number of H-pyrrole nitrogens is 1. The third-order valence-corrected chi connectivity index (χ3v) is 6.10. The lowest BCUT2D eigenvalue weighted by Crippen LogP contribution is -2.28. The molecule has 32 heavy (non-hydrogen) atoms. The molecule has 1 fully saturated rings. The van der Waals surface area contributed by atoms with Gasteiger partial charge in [0.05, 0.1) is 11.0 Å². The Balaban J connectivity index is 1.44. The molecule has 0 atom stereocenters. The molecule has 0 bridgehead atoms. The van der Waals surface area contributed by atoms with Crippen LogP contribution in [-0.4, -0.2) is 48.8 Å². The number of imidazole rings is 1. The lowest BCUT2D eigenvalue weighted by Gasteiger charge is -2.26. The van der Waals surface area contributed by atoms with Crippen molar-refractivity contribution in [2.75, 3.05) is 13.1 Å². The molecule has 3 heterocycles. The van der Waals surface area contributed by atoms with Gasteiger partial charge in [0.2, 0.25) is 5.91 Å². The molecule has 8 nitrogen and oxygen atoms in total. The molecule has 4 N–H and O–H groups in total. The van der Waals surface area contributed by atoms with Crippen LogP contribution in [0.15, 0.2) is 42.5 Å². The molecule has 0 spiro atoms. The minimum Gasteiger partial charge on any atom is -0.504 e. The number of aryl methyl sites for hydroxylation is 1. The molecule has 0 unspecified atom stereocenters. The number of piperidine rings is 1. The highest BCUT2D eigenvalue weighted by Gasteiger charge is 2.21. The number of carbonyl (C=O) groups excluding carboxylic acids is 1. The Labute approximate surface area is 185 Å². The number of likely N-dealkylation sites (tertiary alicyclic amines) is 1. The number of rotatable bonds is 5. The number of benzene rings is 2. The minimum atomic E-state index is -0.502. The van der Waals surface area contributed by atoms with Crippen LogP contribution in [0.25, 0.3) is 33.8 Å². The van der Waals surface area contributed by atoms with Crippen molar-refractivity contribution in [1.29, 1.82) is 0 Å². The van der Waals surface area contributed by atoms with Crippen molar-refractivity contribution in [2.24, 2.45) is 12.8 Å². The van der Waals surface area contributed by atoms with Crippen molar-refractivity contribution < 1.29 is 9.90 Å². The van der Waals surface area contributed by atoms with Gasteiger partial charge in [-0.2, -0.15) is 5.10 Å². The Hall–Kier alpha value is -3.65. The molecule has 2 aromatic heterocycles. The zero-order chi connectivity index (χ0) is 22.2. The largest absolute Gasteiger partial charge is 0.504 e. The lowest BCUT2D eigenvalue weighted by molar-refractivity contribution is 0.100. The highest BCUT2D eigenvalue weighted by atomic mass is 16.3. The Morgan fingerprint density at radius 1 is 1.12 bits per heavy atom. The summed E-state index contributed by atoms with van der Waals surface area (Å²) < 4.78 is 1.61. The van der Waals surface area contributed by atoms with E-state index in [1.54, 1.807) is 29.9 Å². The van der Waals surface area contributed by atoms with Crippen LogP contribution < -0.4 is 5.73 Å². The van der Waals surface area contributed by atoms with Gasteiger partial charge >= 0.3 is 0 Å². The van der Waals surface area contributed by atoms with Crippen LogP contribution in [0.3, 0.4) is 0 Å². The maximum Gasteiger partial charge on any atom is 0.248 e. The summed E-state index contributed by atoms with van der Waals surface area (Å²) in [6.07, 6.45) is 3.87. The van der Waals surface area contributed by atoms with Crippen LogP contribution in [0.2, 0.25) is 0 Å². The van der Waals surface area contributed by atoms with Crippen molar-refractivity contribution in [3.8, 4) is 28.5 Å². The summed E-state index contributed by atoms with van der Waals surface area (Å²) in [6, 6.07) is 13.2. The molecule has 1 saturated heterocycles. The maximum atomic E-state index is 11.5. The molecule has 5 rings (SSSR count). The molecular weight excluding hydrogens is 404 g/mol. The molecule has 0 aliphatic carbocycles. The van der Waals surface area contributed by atoms with Crippen molar-refractivity contribution >= 4 is 16.9 Å². The van der Waals surface area contributed by atoms with E-state index in [2.05, 4.69) is 32.1 Å². The Bertz CT molecular complexity index is 1280. The van der Waals surface area contributed by atoms with Crippen molar-refractivity contribution in [3.63, 3.8) is 0 Å². The number of carbonyl (C=O) groups is 1. The summed E-state index contributed by atoms with van der Waals surface area (Å²) >= 11 is 0. The normalized spacial score (nSPS) is 14.8. The average molecular weight is 431 g/mol. The molecule has 1 aliphatic heterocycles. The van der Waals surface area contributed by atoms with Gasteiger partial charge < -0.3 is 15.8 Å². The fourth-order valence-corrected chi connectivity index (χ4v) is 4.39. The van der Waals surface area contributed by atoms with E-state index in [9.17, 15) is 9.90 Å². The molecule has 8 heteroatoms. The van der Waals surface area contributed by atoms with E-state index in [0.717, 1.165) is 25.2 Å². The van der Waals surface area contributed by atoms with Crippen molar-refractivity contribution in [2.45, 2.75) is 25.8 Å².